The zero-order valence-electron chi connectivity index (χ0n) is 52.9. The van der Waals surface area contributed by atoms with Crippen LogP contribution in [0.15, 0.2) is 25.6 Å². The van der Waals surface area contributed by atoms with Crippen molar-refractivity contribution >= 4 is 11.9 Å². The number of carbonyl (C=O) groups excluding carboxylic acids is 2. The fourth-order valence-electron chi connectivity index (χ4n) is 4.39. The van der Waals surface area contributed by atoms with E-state index in [0.717, 1.165) is 0 Å². The highest BCUT2D eigenvalue weighted by molar-refractivity contribution is 5.70. The highest BCUT2D eigenvalue weighted by Crippen LogP contribution is 2.10. The first-order valence-corrected chi connectivity index (χ1v) is 27.9. The van der Waals surface area contributed by atoms with Crippen LogP contribution in [0.4, 0.5) is 0 Å². The number of nitrogens with two attached hydrogens (primary N) is 1. The maximum absolute atomic E-state index is 11.2. The molecule has 0 amide bonds. The summed E-state index contributed by atoms with van der Waals surface area (Å²) in [6.07, 6.45) is 2.06. The monoisotopic (exact) mass is 1270 g/mol. The first-order valence-electron chi connectivity index (χ1n) is 27.9. The van der Waals surface area contributed by atoms with Crippen LogP contribution < -0.4 is 5.73 Å². The third kappa shape index (κ3) is 127. The van der Waals surface area contributed by atoms with Crippen LogP contribution in [0, 0.1) is 0 Å². The molecule has 0 spiro atoms. The molecule has 0 aliphatic carbocycles. The summed E-state index contributed by atoms with van der Waals surface area (Å²) in [7, 11) is 3.26. The summed E-state index contributed by atoms with van der Waals surface area (Å²) in [5.41, 5.74) is 43.9. The highest BCUT2D eigenvalue weighted by Gasteiger charge is 2.16. The molecular formula is C50H106N16O21. The number of hydrogen-bond acceptors (Lipinski definition) is 27. The minimum absolute atomic E-state index is 0.0265. The van der Waals surface area contributed by atoms with Crippen LogP contribution in [0.2, 0.25) is 0 Å². The van der Waals surface area contributed by atoms with Crippen molar-refractivity contribution in [3.8, 4) is 0 Å². The van der Waals surface area contributed by atoms with Gasteiger partial charge in [0.1, 0.15) is 11.2 Å². The number of azide groups is 5. The number of rotatable bonds is 51. The first kappa shape index (κ1) is 95.4. The van der Waals surface area contributed by atoms with Gasteiger partial charge in [0.2, 0.25) is 0 Å². The van der Waals surface area contributed by atoms with Gasteiger partial charge in [-0.1, -0.05) is 25.6 Å². The third-order valence-corrected chi connectivity index (χ3v) is 7.73. The van der Waals surface area contributed by atoms with E-state index in [-0.39, 0.29) is 38.4 Å². The lowest BCUT2D eigenvalue weighted by atomic mass is 10.2. The Balaban J connectivity index is -0.000000173. The Bertz CT molecular complexity index is 1620. The molecule has 0 aromatic carbocycles. The smallest absolute Gasteiger partial charge is 0.306 e. The lowest BCUT2D eigenvalue weighted by molar-refractivity contribution is -0.156. The predicted molar refractivity (Wildman–Crippen MR) is 320 cm³/mol. The average molecular weight is 1270 g/mol. The van der Waals surface area contributed by atoms with Gasteiger partial charge in [-0.3, -0.25) is 9.59 Å². The van der Waals surface area contributed by atoms with Gasteiger partial charge in [-0.25, -0.2) is 0 Å². The van der Waals surface area contributed by atoms with Crippen molar-refractivity contribution in [3.63, 3.8) is 0 Å². The minimum Gasteiger partial charge on any atom is -0.460 e. The van der Waals surface area contributed by atoms with E-state index in [9.17, 15) is 9.59 Å². The average Bonchev–Trinajstić information content (AvgIpc) is 3.49. The predicted octanol–water partition coefficient (Wildman–Crippen LogP) is 5.10. The Morgan fingerprint density at radius 2 is 0.552 bits per heavy atom. The second kappa shape index (κ2) is 89.5. The second-order valence-corrected chi connectivity index (χ2v) is 17.6. The van der Waals surface area contributed by atoms with Gasteiger partial charge >= 0.3 is 11.9 Å². The number of aliphatic hydroxyl groups is 4. The molecule has 87 heavy (non-hydrogen) atoms. The SMILES string of the molecule is CC(C)(C)OC(=O)CCCOCCN.CC(C)(C)OC(=O)CCCOCCN=[N+]=[N-].COCCOCCOCCN=[N+]=[N-].COCCOCCOCCO.OCCOCCOCCO.[N-]=[N+]=NCCOCCN=[N+]=[N-].[N-]=[N+]=NCCOCCOCCO. The Kier molecular flexibility index (Phi) is 98.2. The van der Waals surface area contributed by atoms with Gasteiger partial charge in [0.25, 0.3) is 0 Å². The van der Waals surface area contributed by atoms with Gasteiger partial charge in [-0.05, 0) is 82.0 Å². The van der Waals surface area contributed by atoms with Crippen molar-refractivity contribution in [2.45, 2.75) is 78.4 Å². The number of methoxy groups -OCH3 is 2. The summed E-state index contributed by atoms with van der Waals surface area (Å²) >= 11 is 0. The van der Waals surface area contributed by atoms with E-state index in [1.807, 2.05) is 41.5 Å². The van der Waals surface area contributed by atoms with Crippen molar-refractivity contribution in [1.82, 2.24) is 0 Å². The van der Waals surface area contributed by atoms with Crippen LogP contribution in [0.3, 0.4) is 0 Å². The van der Waals surface area contributed by atoms with Crippen LogP contribution >= 0.6 is 0 Å². The molecule has 0 saturated carbocycles. The molecule has 0 unspecified atom stereocenters. The van der Waals surface area contributed by atoms with Gasteiger partial charge in [0.05, 0.1) is 172 Å². The fourth-order valence-corrected chi connectivity index (χ4v) is 4.39. The molecule has 0 aromatic rings. The zero-order valence-corrected chi connectivity index (χ0v) is 52.9. The van der Waals surface area contributed by atoms with E-state index in [0.29, 0.717) is 224 Å². The van der Waals surface area contributed by atoms with Crippen LogP contribution in [0.25, 0.3) is 52.2 Å². The van der Waals surface area contributed by atoms with Crippen molar-refractivity contribution < 1.29 is 101 Å². The van der Waals surface area contributed by atoms with E-state index < -0.39 is 11.2 Å². The van der Waals surface area contributed by atoms with Crippen LogP contribution in [0.5, 0.6) is 0 Å². The van der Waals surface area contributed by atoms with Gasteiger partial charge in [0.15, 0.2) is 0 Å². The van der Waals surface area contributed by atoms with E-state index >= 15 is 0 Å². The molecule has 6 N–H and O–H groups in total. The summed E-state index contributed by atoms with van der Waals surface area (Å²) in [6, 6.07) is 0. The topological polar surface area (TPSA) is 523 Å². The van der Waals surface area contributed by atoms with E-state index in [2.05, 4.69) is 50.1 Å². The first-order chi connectivity index (χ1) is 42.0. The number of esters is 2. The standard InChI is InChI=1S/C10H19N3O3.C10H21NO3.C7H15N3O3.C7H16O4.C6H13N3O3.C6H14O4.C4H8N6O/c1-10(2,3)16-9(14)5-4-7-15-8-6-12-13-11;1-10(2,3)14-9(12)5-4-7-13-8-6-11;1-11-4-5-13-7-6-12-3-2-9-10-8;1-9-4-5-11-7-6-10-3-2-8;7-9-8-1-3-11-5-6-12-4-2-10;7-1-3-9-5-6-10-4-2-8;5-9-7-1-3-11-4-2-8-10-6/h4-8H2,1-3H3;4-8,11H2,1-3H3;2-7H2,1H3;8H,2-7H2,1H3;10H,1-6H2;7-8H,1-6H2;1-4H2. The molecule has 37 nitrogen and oxygen atoms in total. The molecule has 0 rings (SSSR count). The van der Waals surface area contributed by atoms with Crippen LogP contribution in [-0.4, -0.2) is 282 Å². The number of carbonyl (C=O) groups is 2. The molecular weight excluding hydrogens is 1160 g/mol. The van der Waals surface area contributed by atoms with E-state index in [1.165, 1.54) is 0 Å². The van der Waals surface area contributed by atoms with Gasteiger partial charge in [-0.15, -0.1) is 0 Å². The van der Waals surface area contributed by atoms with Crippen molar-refractivity contribution in [3.05, 3.63) is 52.2 Å². The summed E-state index contributed by atoms with van der Waals surface area (Å²) < 4.78 is 74.9. The number of hydrogen-bond donors (Lipinski definition) is 5. The maximum Gasteiger partial charge on any atom is 0.306 e. The molecule has 0 atom stereocenters. The minimum atomic E-state index is -0.431. The summed E-state index contributed by atoms with van der Waals surface area (Å²) in [5, 5.41) is 49.6. The fraction of sp³-hybridized carbons (Fsp3) is 0.960. The molecule has 0 saturated heterocycles. The highest BCUT2D eigenvalue weighted by atomic mass is 16.6. The molecule has 37 heteroatoms. The second-order valence-electron chi connectivity index (χ2n) is 17.6. The molecule has 0 aliphatic heterocycles. The maximum atomic E-state index is 11.2. The van der Waals surface area contributed by atoms with E-state index in [1.54, 1.807) is 14.2 Å². The molecule has 512 valence electrons. The number of ether oxygens (including phenoxy) is 15. The van der Waals surface area contributed by atoms with E-state index in [4.69, 9.17) is 125 Å². The van der Waals surface area contributed by atoms with Crippen LogP contribution in [0.1, 0.15) is 67.2 Å². The lowest BCUT2D eigenvalue weighted by Gasteiger charge is -2.19. The Morgan fingerprint density at radius 1 is 0.345 bits per heavy atom. The number of nitrogens with zero attached hydrogens (tertiary/aromatic N) is 15. The molecule has 0 aromatic heterocycles. The van der Waals surface area contributed by atoms with Crippen molar-refractivity contribution in [2.24, 2.45) is 31.3 Å². The zero-order chi connectivity index (χ0) is 66.7. The molecule has 0 radical (unpaired) electrons. The van der Waals surface area contributed by atoms with Gasteiger partial charge in [-0.2, -0.15) is 0 Å². The summed E-state index contributed by atoms with van der Waals surface area (Å²) in [5.74, 6) is -0.389. The third-order valence-electron chi connectivity index (χ3n) is 7.73. The molecule has 0 bridgehead atoms. The Labute approximate surface area is 512 Å². The van der Waals surface area contributed by atoms with Gasteiger partial charge < -0.3 is 97.2 Å². The summed E-state index contributed by atoms with van der Waals surface area (Å²) in [4.78, 5) is 35.3. The molecule has 0 aliphatic rings. The van der Waals surface area contributed by atoms with Crippen molar-refractivity contribution in [1.29, 1.82) is 0 Å². The van der Waals surface area contributed by atoms with Crippen molar-refractivity contribution in [2.75, 3.05) is 238 Å². The normalized spacial score (nSPS) is 10.0. The molecule has 0 heterocycles. The largest absolute Gasteiger partial charge is 0.460 e. The van der Waals surface area contributed by atoms with Crippen LogP contribution in [-0.2, 0) is 80.6 Å². The molecule has 0 fully saturated rings. The summed E-state index contributed by atoms with van der Waals surface area (Å²) in [6.45, 7) is 24.8. The Morgan fingerprint density at radius 3 is 0.770 bits per heavy atom. The van der Waals surface area contributed by atoms with Gasteiger partial charge in [0, 0.05) is 104 Å². The Hall–Kier alpha value is -5.23. The quantitative estimate of drug-likeness (QED) is 0.0174. The number of aliphatic hydroxyl groups excluding tert-OH is 4. The lowest BCUT2D eigenvalue weighted by Crippen LogP contribution is -2.23.